The maximum atomic E-state index is 14.2. The first kappa shape index (κ1) is 19.2. The second kappa shape index (κ2) is 7.86. The van der Waals surface area contributed by atoms with E-state index in [0.29, 0.717) is 21.1 Å². The first-order valence-electron chi connectivity index (χ1n) is 7.63. The molecular weight excluding hydrogens is 395 g/mol. The number of hydrogen-bond acceptors (Lipinski definition) is 5. The van der Waals surface area contributed by atoms with Crippen LogP contribution >= 0.6 is 15.9 Å². The molecule has 25 heavy (non-hydrogen) atoms. The fourth-order valence-electron chi connectivity index (χ4n) is 2.08. The number of amides is 1. The summed E-state index contributed by atoms with van der Waals surface area (Å²) in [5, 5.41) is 3.76. The van der Waals surface area contributed by atoms with Crippen molar-refractivity contribution >= 4 is 32.8 Å². The number of methoxy groups -OCH3 is 1. The number of rotatable bonds is 5. The van der Waals surface area contributed by atoms with Crippen LogP contribution in [0, 0.1) is 5.95 Å². The van der Waals surface area contributed by atoms with Gasteiger partial charge in [0.2, 0.25) is 0 Å². The Morgan fingerprint density at radius 2 is 2.04 bits per heavy atom. The summed E-state index contributed by atoms with van der Waals surface area (Å²) in [6.07, 6.45) is -0.558. The van der Waals surface area contributed by atoms with Crippen molar-refractivity contribution in [2.75, 3.05) is 20.3 Å². The number of nitrogens with one attached hydrogen (secondary N) is 1. The Bertz CT molecular complexity index is 777. The van der Waals surface area contributed by atoms with Crippen LogP contribution in [0.3, 0.4) is 0 Å². The number of benzene rings is 1. The topological polar surface area (TPSA) is 69.7 Å². The second-order valence-corrected chi connectivity index (χ2v) is 6.96. The van der Waals surface area contributed by atoms with Crippen molar-refractivity contribution in [3.05, 3.63) is 28.7 Å². The second-order valence-electron chi connectivity index (χ2n) is 6.21. The molecule has 0 spiro atoms. The SMILES string of the molecule is COc1ccc2c(Br)nc(F)c(OCCNC(=O)OC(C)(C)C)c2c1. The van der Waals surface area contributed by atoms with E-state index in [4.69, 9.17) is 14.2 Å². The van der Waals surface area contributed by atoms with E-state index < -0.39 is 17.6 Å². The summed E-state index contributed by atoms with van der Waals surface area (Å²) in [5.74, 6) is -0.172. The molecule has 0 bridgehead atoms. The lowest BCUT2D eigenvalue weighted by atomic mass is 10.1. The molecular formula is C17H20BrFN2O4. The third kappa shape index (κ3) is 5.19. The quantitative estimate of drug-likeness (QED) is 0.590. The van der Waals surface area contributed by atoms with Crippen LogP contribution < -0.4 is 14.8 Å². The normalized spacial score (nSPS) is 11.3. The molecule has 1 aromatic carbocycles. The zero-order valence-electron chi connectivity index (χ0n) is 14.5. The molecule has 2 aromatic rings. The Morgan fingerprint density at radius 1 is 1.32 bits per heavy atom. The molecule has 0 aliphatic carbocycles. The van der Waals surface area contributed by atoms with E-state index in [2.05, 4.69) is 26.2 Å². The van der Waals surface area contributed by atoms with Gasteiger partial charge >= 0.3 is 6.09 Å². The van der Waals surface area contributed by atoms with Gasteiger partial charge in [0, 0.05) is 10.8 Å². The van der Waals surface area contributed by atoms with Crippen molar-refractivity contribution in [1.82, 2.24) is 10.3 Å². The van der Waals surface area contributed by atoms with Gasteiger partial charge in [-0.2, -0.15) is 4.39 Å². The van der Waals surface area contributed by atoms with Gasteiger partial charge in [-0.15, -0.1) is 0 Å². The smallest absolute Gasteiger partial charge is 0.407 e. The third-order valence-corrected chi connectivity index (χ3v) is 3.70. The minimum atomic E-state index is -0.745. The van der Waals surface area contributed by atoms with E-state index in [0.717, 1.165) is 0 Å². The van der Waals surface area contributed by atoms with Crippen molar-refractivity contribution in [2.45, 2.75) is 26.4 Å². The minimum absolute atomic E-state index is 0.00286. The van der Waals surface area contributed by atoms with Gasteiger partial charge in [-0.05, 0) is 54.9 Å². The third-order valence-electron chi connectivity index (χ3n) is 3.09. The molecule has 0 unspecified atom stereocenters. The number of nitrogens with zero attached hydrogens (tertiary/aromatic N) is 1. The van der Waals surface area contributed by atoms with Crippen molar-refractivity contribution in [1.29, 1.82) is 0 Å². The molecule has 1 amide bonds. The number of fused-ring (bicyclic) bond motifs is 1. The first-order chi connectivity index (χ1) is 11.7. The predicted molar refractivity (Wildman–Crippen MR) is 95.7 cm³/mol. The van der Waals surface area contributed by atoms with E-state index in [1.165, 1.54) is 7.11 Å². The van der Waals surface area contributed by atoms with Crippen LogP contribution in [0.1, 0.15) is 20.8 Å². The van der Waals surface area contributed by atoms with Crippen LogP contribution in [0.25, 0.3) is 10.8 Å². The Balaban J connectivity index is 2.09. The lowest BCUT2D eigenvalue weighted by molar-refractivity contribution is 0.0520. The molecule has 0 aliphatic rings. The number of ether oxygens (including phenoxy) is 3. The molecule has 0 saturated heterocycles. The Morgan fingerprint density at radius 3 is 2.68 bits per heavy atom. The van der Waals surface area contributed by atoms with Crippen molar-refractivity contribution in [2.24, 2.45) is 0 Å². The number of aromatic nitrogens is 1. The summed E-state index contributed by atoms with van der Waals surface area (Å²) in [6.45, 7) is 5.53. The van der Waals surface area contributed by atoms with Gasteiger partial charge < -0.3 is 19.5 Å². The highest BCUT2D eigenvalue weighted by atomic mass is 79.9. The predicted octanol–water partition coefficient (Wildman–Crippen LogP) is 4.05. The largest absolute Gasteiger partial charge is 0.497 e. The van der Waals surface area contributed by atoms with Crippen LogP contribution in [-0.2, 0) is 4.74 Å². The minimum Gasteiger partial charge on any atom is -0.497 e. The lowest BCUT2D eigenvalue weighted by Crippen LogP contribution is -2.34. The molecule has 6 nitrogen and oxygen atoms in total. The number of alkyl carbamates (subject to hydrolysis) is 1. The zero-order chi connectivity index (χ0) is 18.6. The fourth-order valence-corrected chi connectivity index (χ4v) is 2.59. The molecule has 2 rings (SSSR count). The maximum Gasteiger partial charge on any atom is 0.407 e. The van der Waals surface area contributed by atoms with Crippen LogP contribution in [0.2, 0.25) is 0 Å². The molecule has 0 radical (unpaired) electrons. The molecule has 1 heterocycles. The number of pyridine rings is 1. The maximum absolute atomic E-state index is 14.2. The average Bonchev–Trinajstić information content (AvgIpc) is 2.51. The van der Waals surface area contributed by atoms with E-state index >= 15 is 0 Å². The Hall–Kier alpha value is -2.09. The van der Waals surface area contributed by atoms with Crippen LogP contribution in [0.15, 0.2) is 22.8 Å². The highest BCUT2D eigenvalue weighted by Crippen LogP contribution is 2.34. The van der Waals surface area contributed by atoms with Gasteiger partial charge in [0.15, 0.2) is 5.75 Å². The highest BCUT2D eigenvalue weighted by molar-refractivity contribution is 9.10. The Kier molecular flexibility index (Phi) is 6.05. The molecule has 1 aromatic heterocycles. The summed E-state index contributed by atoms with van der Waals surface area (Å²) >= 11 is 3.24. The molecule has 0 aliphatic heterocycles. The number of halogens is 2. The monoisotopic (exact) mass is 414 g/mol. The number of carbonyl (C=O) groups excluding carboxylic acids is 1. The summed E-state index contributed by atoms with van der Waals surface area (Å²) in [6, 6.07) is 5.18. The van der Waals surface area contributed by atoms with Crippen LogP contribution in [0.4, 0.5) is 9.18 Å². The van der Waals surface area contributed by atoms with Crippen molar-refractivity contribution in [3.63, 3.8) is 0 Å². The molecule has 136 valence electrons. The molecule has 0 fully saturated rings. The van der Waals surface area contributed by atoms with Crippen molar-refractivity contribution in [3.8, 4) is 11.5 Å². The zero-order valence-corrected chi connectivity index (χ0v) is 16.1. The fraction of sp³-hybridized carbons (Fsp3) is 0.412. The molecule has 0 saturated carbocycles. The number of carbonyl (C=O) groups is 1. The summed E-state index contributed by atoms with van der Waals surface area (Å²) in [7, 11) is 1.53. The molecule has 0 atom stereocenters. The molecule has 8 heteroatoms. The summed E-state index contributed by atoms with van der Waals surface area (Å²) in [5.41, 5.74) is -0.584. The summed E-state index contributed by atoms with van der Waals surface area (Å²) in [4.78, 5) is 15.4. The van der Waals surface area contributed by atoms with Gasteiger partial charge in [0.25, 0.3) is 5.95 Å². The van der Waals surface area contributed by atoms with Crippen molar-refractivity contribution < 1.29 is 23.4 Å². The van der Waals surface area contributed by atoms with Crippen LogP contribution in [-0.4, -0.2) is 36.9 Å². The standard InChI is InChI=1S/C17H20BrFN2O4/c1-17(2,3)25-16(22)20-7-8-24-13-12-9-10(23-4)5-6-11(12)14(18)21-15(13)19/h5-6,9H,7-8H2,1-4H3,(H,20,22). The van der Waals surface area contributed by atoms with E-state index in [-0.39, 0.29) is 18.9 Å². The average molecular weight is 415 g/mol. The molecule has 1 N–H and O–H groups in total. The van der Waals surface area contributed by atoms with E-state index in [9.17, 15) is 9.18 Å². The van der Waals surface area contributed by atoms with E-state index in [1.54, 1.807) is 39.0 Å². The van der Waals surface area contributed by atoms with Gasteiger partial charge in [-0.25, -0.2) is 9.78 Å². The first-order valence-corrected chi connectivity index (χ1v) is 8.43. The highest BCUT2D eigenvalue weighted by Gasteiger charge is 2.17. The summed E-state index contributed by atoms with van der Waals surface area (Å²) < 4.78 is 30.4. The van der Waals surface area contributed by atoms with E-state index in [1.807, 2.05) is 0 Å². The van der Waals surface area contributed by atoms with Gasteiger partial charge in [0.05, 0.1) is 13.7 Å². The van der Waals surface area contributed by atoms with Gasteiger partial charge in [0.1, 0.15) is 22.6 Å². The van der Waals surface area contributed by atoms with Gasteiger partial charge in [-0.3, -0.25) is 0 Å². The number of hydrogen-bond donors (Lipinski definition) is 1. The van der Waals surface area contributed by atoms with Gasteiger partial charge in [-0.1, -0.05) is 0 Å². The lowest BCUT2D eigenvalue weighted by Gasteiger charge is -2.19. The van der Waals surface area contributed by atoms with Crippen LogP contribution in [0.5, 0.6) is 11.5 Å². The Labute approximate surface area is 153 Å².